The third kappa shape index (κ3) is 4.07. The van der Waals surface area contributed by atoms with Crippen LogP contribution in [0, 0.1) is 5.41 Å². The zero-order chi connectivity index (χ0) is 11.3. The van der Waals surface area contributed by atoms with Crippen LogP contribution in [0.3, 0.4) is 0 Å². The summed E-state index contributed by atoms with van der Waals surface area (Å²) in [4.78, 5) is 13.0. The first-order valence-electron chi connectivity index (χ1n) is 4.32. The van der Waals surface area contributed by atoms with Gasteiger partial charge in [-0.2, -0.15) is 0 Å². The van der Waals surface area contributed by atoms with Crippen LogP contribution in [0.4, 0.5) is 0 Å². The Morgan fingerprint density at radius 3 is 3.00 bits per heavy atom. The summed E-state index contributed by atoms with van der Waals surface area (Å²) < 4.78 is 5.11. The molecule has 1 aromatic rings. The topological polar surface area (TPSA) is 83.3 Å². The highest BCUT2D eigenvalue weighted by molar-refractivity contribution is 8.14. The number of hydrogen-bond donors (Lipinski definition) is 2. The maximum Gasteiger partial charge on any atom is 0.233 e. The highest BCUT2D eigenvalue weighted by Crippen LogP contribution is 2.06. The summed E-state index contributed by atoms with van der Waals surface area (Å²) >= 11 is 1.02. The average molecular weight is 227 g/mol. The molecule has 0 atom stereocenters. The number of carbonyl (C=O) groups is 1. The Kier molecular flexibility index (Phi) is 4.23. The van der Waals surface area contributed by atoms with Crippen molar-refractivity contribution in [2.45, 2.75) is 6.54 Å². The van der Waals surface area contributed by atoms with E-state index < -0.39 is 0 Å². The summed E-state index contributed by atoms with van der Waals surface area (Å²) in [5, 5.41) is 6.93. The van der Waals surface area contributed by atoms with E-state index in [1.54, 1.807) is 19.4 Å². The van der Waals surface area contributed by atoms with Crippen LogP contribution < -0.4 is 5.73 Å². The fourth-order valence-electron chi connectivity index (χ4n) is 0.974. The number of hydrogen-bond acceptors (Lipinski definition) is 4. The van der Waals surface area contributed by atoms with Crippen molar-refractivity contribution in [2.75, 3.05) is 12.8 Å². The van der Waals surface area contributed by atoms with Gasteiger partial charge in [-0.1, -0.05) is 11.8 Å². The molecule has 1 heterocycles. The molecule has 1 aromatic heterocycles. The lowest BCUT2D eigenvalue weighted by atomic mass is 10.4. The first-order chi connectivity index (χ1) is 7.09. The Bertz CT molecular complexity index is 337. The molecular formula is C9H13N3O2S. The molecule has 0 aliphatic carbocycles. The van der Waals surface area contributed by atoms with Gasteiger partial charge in [-0.15, -0.1) is 0 Å². The van der Waals surface area contributed by atoms with Crippen LogP contribution in [0.2, 0.25) is 0 Å². The van der Waals surface area contributed by atoms with Gasteiger partial charge in [-0.25, -0.2) is 0 Å². The molecule has 0 saturated heterocycles. The van der Waals surface area contributed by atoms with Crippen molar-refractivity contribution in [3.05, 3.63) is 24.2 Å². The van der Waals surface area contributed by atoms with Crippen molar-refractivity contribution in [1.29, 1.82) is 5.41 Å². The zero-order valence-electron chi connectivity index (χ0n) is 8.40. The van der Waals surface area contributed by atoms with Gasteiger partial charge in [0.05, 0.1) is 18.6 Å². The monoisotopic (exact) mass is 227 g/mol. The van der Waals surface area contributed by atoms with E-state index in [0.717, 1.165) is 17.5 Å². The second-order valence-corrected chi connectivity index (χ2v) is 4.00. The van der Waals surface area contributed by atoms with Gasteiger partial charge in [-0.3, -0.25) is 10.2 Å². The molecule has 0 aromatic carbocycles. The van der Waals surface area contributed by atoms with Crippen LogP contribution in [0.25, 0.3) is 0 Å². The lowest BCUT2D eigenvalue weighted by molar-refractivity contribution is -0.127. The van der Waals surface area contributed by atoms with E-state index in [-0.39, 0.29) is 16.8 Å². The predicted molar refractivity (Wildman–Crippen MR) is 59.6 cm³/mol. The molecular weight excluding hydrogens is 214 g/mol. The van der Waals surface area contributed by atoms with E-state index in [1.165, 1.54) is 4.90 Å². The minimum absolute atomic E-state index is 0.0465. The van der Waals surface area contributed by atoms with E-state index in [2.05, 4.69) is 0 Å². The number of nitrogens with one attached hydrogen (secondary N) is 1. The second kappa shape index (κ2) is 5.45. The fraction of sp³-hybridized carbons (Fsp3) is 0.333. The molecule has 82 valence electrons. The molecule has 6 heteroatoms. The van der Waals surface area contributed by atoms with Gasteiger partial charge in [0.2, 0.25) is 5.91 Å². The molecule has 15 heavy (non-hydrogen) atoms. The second-order valence-electron chi connectivity index (χ2n) is 2.98. The number of carbonyl (C=O) groups excluding carboxylic acids is 1. The van der Waals surface area contributed by atoms with Crippen LogP contribution in [-0.4, -0.2) is 28.8 Å². The number of thioether (sulfide) groups is 1. The number of nitrogens with zero attached hydrogens (tertiary/aromatic N) is 1. The molecule has 0 aliphatic rings. The van der Waals surface area contributed by atoms with Crippen molar-refractivity contribution in [2.24, 2.45) is 5.73 Å². The van der Waals surface area contributed by atoms with Gasteiger partial charge in [0.1, 0.15) is 5.76 Å². The first-order valence-corrected chi connectivity index (χ1v) is 5.31. The maximum absolute atomic E-state index is 11.5. The number of amidine groups is 1. The molecule has 0 saturated carbocycles. The number of amides is 1. The van der Waals surface area contributed by atoms with E-state index in [4.69, 9.17) is 15.6 Å². The molecule has 0 fully saturated rings. The molecule has 0 radical (unpaired) electrons. The third-order valence-electron chi connectivity index (χ3n) is 1.75. The molecule has 1 amide bonds. The molecule has 0 unspecified atom stereocenters. The van der Waals surface area contributed by atoms with Crippen molar-refractivity contribution >= 4 is 22.8 Å². The van der Waals surface area contributed by atoms with E-state index in [0.29, 0.717) is 6.54 Å². The molecule has 5 nitrogen and oxygen atoms in total. The predicted octanol–water partition coefficient (Wildman–Crippen LogP) is 0.865. The van der Waals surface area contributed by atoms with Gasteiger partial charge < -0.3 is 15.1 Å². The summed E-state index contributed by atoms with van der Waals surface area (Å²) in [6.45, 7) is 0.435. The molecule has 0 spiro atoms. The quantitative estimate of drug-likeness (QED) is 0.590. The standard InChI is InChI=1S/C9H13N3O2S/c1-12(5-7-3-2-4-14-7)8(13)6-15-9(10)11/h2-4H,5-6H2,1H3,(H3,10,11). The van der Waals surface area contributed by atoms with Crippen molar-refractivity contribution in [3.63, 3.8) is 0 Å². The highest BCUT2D eigenvalue weighted by Gasteiger charge is 2.10. The highest BCUT2D eigenvalue weighted by atomic mass is 32.2. The molecule has 0 bridgehead atoms. The summed E-state index contributed by atoms with van der Waals surface area (Å²) in [5.41, 5.74) is 5.13. The Labute approximate surface area is 92.1 Å². The largest absolute Gasteiger partial charge is 0.467 e. The summed E-state index contributed by atoms with van der Waals surface area (Å²) in [6.07, 6.45) is 1.57. The zero-order valence-corrected chi connectivity index (χ0v) is 9.21. The van der Waals surface area contributed by atoms with Crippen molar-refractivity contribution in [3.8, 4) is 0 Å². The lowest BCUT2D eigenvalue weighted by Gasteiger charge is -2.14. The van der Waals surface area contributed by atoms with E-state index in [1.807, 2.05) is 6.07 Å². The Morgan fingerprint density at radius 1 is 1.73 bits per heavy atom. The van der Waals surface area contributed by atoms with Gasteiger partial charge in [-0.05, 0) is 12.1 Å². The molecule has 1 rings (SSSR count). The minimum Gasteiger partial charge on any atom is -0.467 e. The maximum atomic E-state index is 11.5. The van der Waals surface area contributed by atoms with Crippen molar-refractivity contribution in [1.82, 2.24) is 4.90 Å². The molecule has 0 aliphatic heterocycles. The summed E-state index contributed by atoms with van der Waals surface area (Å²) in [6, 6.07) is 3.58. The summed E-state index contributed by atoms with van der Waals surface area (Å²) in [7, 11) is 1.69. The molecule has 3 N–H and O–H groups in total. The first kappa shape index (κ1) is 11.6. The van der Waals surface area contributed by atoms with Crippen LogP contribution in [0.1, 0.15) is 5.76 Å². The fourth-order valence-corrected chi connectivity index (χ4v) is 1.47. The smallest absolute Gasteiger partial charge is 0.233 e. The average Bonchev–Trinajstić information content (AvgIpc) is 2.66. The third-order valence-corrected chi connectivity index (χ3v) is 2.45. The van der Waals surface area contributed by atoms with Crippen LogP contribution in [0.15, 0.2) is 22.8 Å². The van der Waals surface area contributed by atoms with Gasteiger partial charge >= 0.3 is 0 Å². The Hall–Kier alpha value is -1.43. The normalized spacial score (nSPS) is 9.93. The number of furan rings is 1. The van der Waals surface area contributed by atoms with Crippen LogP contribution in [0.5, 0.6) is 0 Å². The van der Waals surface area contributed by atoms with Crippen LogP contribution >= 0.6 is 11.8 Å². The van der Waals surface area contributed by atoms with Crippen LogP contribution in [-0.2, 0) is 11.3 Å². The summed E-state index contributed by atoms with van der Waals surface area (Å²) in [5.74, 6) is 0.845. The SMILES string of the molecule is CN(Cc1ccco1)C(=O)CSC(=N)N. The Balaban J connectivity index is 2.36. The number of rotatable bonds is 4. The minimum atomic E-state index is -0.0772. The van der Waals surface area contributed by atoms with Gasteiger partial charge in [0, 0.05) is 7.05 Å². The number of nitrogens with two attached hydrogens (primary N) is 1. The van der Waals surface area contributed by atoms with E-state index >= 15 is 0 Å². The van der Waals surface area contributed by atoms with E-state index in [9.17, 15) is 4.79 Å². The van der Waals surface area contributed by atoms with Gasteiger partial charge in [0.25, 0.3) is 0 Å². The Morgan fingerprint density at radius 2 is 2.47 bits per heavy atom. The van der Waals surface area contributed by atoms with Gasteiger partial charge in [0.15, 0.2) is 5.17 Å². The lowest BCUT2D eigenvalue weighted by Crippen LogP contribution is -2.28. The van der Waals surface area contributed by atoms with Crippen molar-refractivity contribution < 1.29 is 9.21 Å².